The van der Waals surface area contributed by atoms with E-state index in [0.29, 0.717) is 6.61 Å². The lowest BCUT2D eigenvalue weighted by Crippen LogP contribution is -2.06. The highest BCUT2D eigenvalue weighted by molar-refractivity contribution is 5.91. The van der Waals surface area contributed by atoms with Crippen molar-refractivity contribution in [2.45, 2.75) is 33.3 Å². The molecule has 3 aromatic carbocycles. The summed E-state index contributed by atoms with van der Waals surface area (Å²) in [7, 11) is 0. The Balaban J connectivity index is 1.91. The minimum atomic E-state index is 0.668. The minimum Gasteiger partial charge on any atom is -0.488 e. The summed E-state index contributed by atoms with van der Waals surface area (Å²) >= 11 is 0. The Bertz CT molecular complexity index is 861. The van der Waals surface area contributed by atoms with Gasteiger partial charge < -0.3 is 4.74 Å². The first-order valence-corrected chi connectivity index (χ1v) is 8.10. The van der Waals surface area contributed by atoms with E-state index in [2.05, 4.69) is 62.4 Å². The van der Waals surface area contributed by atoms with Crippen LogP contribution in [0.3, 0.4) is 0 Å². The second-order valence-electron chi connectivity index (χ2n) is 6.02. The van der Waals surface area contributed by atoms with E-state index in [4.69, 9.17) is 4.74 Å². The molecule has 0 saturated carbocycles. The van der Waals surface area contributed by atoms with Gasteiger partial charge in [0.25, 0.3) is 0 Å². The molecule has 0 atom stereocenters. The van der Waals surface area contributed by atoms with E-state index >= 15 is 0 Å². The standard InChI is InChI=1S/C21H20O/c1-3-14-5-7-16-12-20-18(11-17(16)9-14)13-22-21-10-15(4-2)6-8-19(20)21/h5-12H,3-4,13H2,1-2H3. The first kappa shape index (κ1) is 13.4. The maximum Gasteiger partial charge on any atom is 0.127 e. The van der Waals surface area contributed by atoms with Gasteiger partial charge in [0, 0.05) is 5.56 Å². The second-order valence-corrected chi connectivity index (χ2v) is 6.02. The van der Waals surface area contributed by atoms with Crippen molar-refractivity contribution in [1.82, 2.24) is 0 Å². The topological polar surface area (TPSA) is 9.23 Å². The fraction of sp³-hybridized carbons (Fsp3) is 0.238. The maximum absolute atomic E-state index is 6.00. The Morgan fingerprint density at radius 1 is 0.773 bits per heavy atom. The molecule has 0 spiro atoms. The smallest absolute Gasteiger partial charge is 0.127 e. The molecular weight excluding hydrogens is 268 g/mol. The predicted molar refractivity (Wildman–Crippen MR) is 92.5 cm³/mol. The van der Waals surface area contributed by atoms with Crippen molar-refractivity contribution in [3.05, 3.63) is 65.2 Å². The third-order valence-corrected chi connectivity index (χ3v) is 4.66. The SMILES string of the molecule is CCc1ccc2c(c1)OCc1cc3cc(CC)ccc3cc1-2. The van der Waals surface area contributed by atoms with Crippen molar-refractivity contribution in [3.8, 4) is 16.9 Å². The Labute approximate surface area is 131 Å². The molecule has 22 heavy (non-hydrogen) atoms. The number of rotatable bonds is 2. The van der Waals surface area contributed by atoms with Gasteiger partial charge >= 0.3 is 0 Å². The first-order valence-electron chi connectivity index (χ1n) is 8.10. The Morgan fingerprint density at radius 2 is 1.55 bits per heavy atom. The van der Waals surface area contributed by atoms with E-state index in [9.17, 15) is 0 Å². The summed E-state index contributed by atoms with van der Waals surface area (Å²) in [5.41, 5.74) is 6.55. The molecule has 0 aromatic heterocycles. The number of ether oxygens (including phenoxy) is 1. The highest BCUT2D eigenvalue weighted by Crippen LogP contribution is 2.40. The van der Waals surface area contributed by atoms with E-state index in [1.807, 2.05) is 0 Å². The summed E-state index contributed by atoms with van der Waals surface area (Å²) in [6, 6.07) is 18.0. The zero-order chi connectivity index (χ0) is 15.1. The van der Waals surface area contributed by atoms with Crippen molar-refractivity contribution in [2.75, 3.05) is 0 Å². The molecule has 0 unspecified atom stereocenters. The Morgan fingerprint density at radius 3 is 2.36 bits per heavy atom. The van der Waals surface area contributed by atoms with Crippen LogP contribution in [0.25, 0.3) is 21.9 Å². The molecule has 4 rings (SSSR count). The van der Waals surface area contributed by atoms with Gasteiger partial charge in [0.15, 0.2) is 0 Å². The number of aryl methyl sites for hydroxylation is 2. The van der Waals surface area contributed by atoms with Crippen LogP contribution in [0.1, 0.15) is 30.5 Å². The van der Waals surface area contributed by atoms with Crippen LogP contribution in [-0.4, -0.2) is 0 Å². The van der Waals surface area contributed by atoms with Crippen LogP contribution in [0.15, 0.2) is 48.5 Å². The summed E-state index contributed by atoms with van der Waals surface area (Å²) in [6.07, 6.45) is 2.12. The van der Waals surface area contributed by atoms with Crippen molar-refractivity contribution in [1.29, 1.82) is 0 Å². The predicted octanol–water partition coefficient (Wildman–Crippen LogP) is 5.52. The fourth-order valence-corrected chi connectivity index (χ4v) is 3.27. The lowest BCUT2D eigenvalue weighted by Gasteiger charge is -2.22. The quantitative estimate of drug-likeness (QED) is 0.603. The van der Waals surface area contributed by atoms with Crippen LogP contribution in [0.2, 0.25) is 0 Å². The normalized spacial score (nSPS) is 12.6. The van der Waals surface area contributed by atoms with E-state index in [1.165, 1.54) is 38.6 Å². The van der Waals surface area contributed by atoms with Crippen molar-refractivity contribution in [3.63, 3.8) is 0 Å². The summed E-state index contributed by atoms with van der Waals surface area (Å²) in [4.78, 5) is 0. The number of hydrogen-bond acceptors (Lipinski definition) is 1. The summed E-state index contributed by atoms with van der Waals surface area (Å²) < 4.78 is 6.00. The number of fused-ring (bicyclic) bond motifs is 4. The van der Waals surface area contributed by atoms with Gasteiger partial charge in [0.2, 0.25) is 0 Å². The molecule has 1 heteroatoms. The molecule has 1 nitrogen and oxygen atoms in total. The third kappa shape index (κ3) is 2.09. The fourth-order valence-electron chi connectivity index (χ4n) is 3.27. The van der Waals surface area contributed by atoms with Crippen molar-refractivity contribution >= 4 is 10.8 Å². The molecule has 3 aromatic rings. The molecule has 0 amide bonds. The lowest BCUT2D eigenvalue weighted by molar-refractivity contribution is 0.302. The van der Waals surface area contributed by atoms with Crippen LogP contribution < -0.4 is 4.74 Å². The molecular formula is C21H20O. The lowest BCUT2D eigenvalue weighted by atomic mass is 9.92. The average Bonchev–Trinajstić information content (AvgIpc) is 2.58. The van der Waals surface area contributed by atoms with Crippen LogP contribution in [0, 0.1) is 0 Å². The largest absolute Gasteiger partial charge is 0.488 e. The minimum absolute atomic E-state index is 0.668. The molecule has 1 aliphatic heterocycles. The first-order chi connectivity index (χ1) is 10.8. The van der Waals surface area contributed by atoms with Gasteiger partial charge in [-0.1, -0.05) is 44.2 Å². The van der Waals surface area contributed by atoms with Crippen LogP contribution in [0.4, 0.5) is 0 Å². The molecule has 1 aliphatic rings. The van der Waals surface area contributed by atoms with Gasteiger partial charge in [-0.2, -0.15) is 0 Å². The van der Waals surface area contributed by atoms with E-state index in [0.717, 1.165) is 18.6 Å². The van der Waals surface area contributed by atoms with Gasteiger partial charge in [-0.3, -0.25) is 0 Å². The molecule has 0 fully saturated rings. The Kier molecular flexibility index (Phi) is 3.15. The number of benzene rings is 3. The highest BCUT2D eigenvalue weighted by Gasteiger charge is 2.18. The highest BCUT2D eigenvalue weighted by atomic mass is 16.5. The van der Waals surface area contributed by atoms with Gasteiger partial charge in [-0.15, -0.1) is 0 Å². The number of hydrogen-bond donors (Lipinski definition) is 0. The van der Waals surface area contributed by atoms with E-state index < -0.39 is 0 Å². The molecule has 0 radical (unpaired) electrons. The van der Waals surface area contributed by atoms with Crippen molar-refractivity contribution in [2.24, 2.45) is 0 Å². The monoisotopic (exact) mass is 288 g/mol. The second kappa shape index (κ2) is 5.17. The summed E-state index contributed by atoms with van der Waals surface area (Å²) in [6.45, 7) is 5.05. The van der Waals surface area contributed by atoms with Crippen LogP contribution in [-0.2, 0) is 19.4 Å². The maximum atomic E-state index is 6.00. The zero-order valence-corrected chi connectivity index (χ0v) is 13.1. The summed E-state index contributed by atoms with van der Waals surface area (Å²) in [5, 5.41) is 2.62. The van der Waals surface area contributed by atoms with E-state index in [-0.39, 0.29) is 0 Å². The molecule has 0 bridgehead atoms. The van der Waals surface area contributed by atoms with Gasteiger partial charge in [-0.25, -0.2) is 0 Å². The molecule has 110 valence electrons. The molecule has 1 heterocycles. The van der Waals surface area contributed by atoms with Gasteiger partial charge in [0.05, 0.1) is 0 Å². The average molecular weight is 288 g/mol. The molecule has 0 N–H and O–H groups in total. The van der Waals surface area contributed by atoms with Gasteiger partial charge in [0.1, 0.15) is 12.4 Å². The van der Waals surface area contributed by atoms with Crippen LogP contribution >= 0.6 is 0 Å². The van der Waals surface area contributed by atoms with Crippen LogP contribution in [0.5, 0.6) is 5.75 Å². The van der Waals surface area contributed by atoms with E-state index in [1.54, 1.807) is 0 Å². The Hall–Kier alpha value is -2.28. The third-order valence-electron chi connectivity index (χ3n) is 4.66. The zero-order valence-electron chi connectivity index (χ0n) is 13.1. The summed E-state index contributed by atoms with van der Waals surface area (Å²) in [5.74, 6) is 1.02. The van der Waals surface area contributed by atoms with Gasteiger partial charge in [-0.05, 0) is 64.1 Å². The molecule has 0 aliphatic carbocycles. The molecule has 0 saturated heterocycles. The van der Waals surface area contributed by atoms with Crippen molar-refractivity contribution < 1.29 is 4.74 Å².